The van der Waals surface area contributed by atoms with E-state index in [1.807, 2.05) is 13.2 Å². The molecule has 96 valence electrons. The van der Waals surface area contributed by atoms with Crippen LogP contribution in [0.4, 0.5) is 11.5 Å². The van der Waals surface area contributed by atoms with Crippen LogP contribution in [-0.4, -0.2) is 34.2 Å². The highest BCUT2D eigenvalue weighted by Gasteiger charge is 2.20. The van der Waals surface area contributed by atoms with Crippen molar-refractivity contribution in [2.24, 2.45) is 0 Å². The lowest BCUT2D eigenvalue weighted by molar-refractivity contribution is 0.0996. The van der Waals surface area contributed by atoms with Gasteiger partial charge in [0.25, 0.3) is 0 Å². The first-order valence-electron chi connectivity index (χ1n) is 5.23. The van der Waals surface area contributed by atoms with E-state index in [1.165, 1.54) is 0 Å². The quantitative estimate of drug-likeness (QED) is 0.776. The number of thioether (sulfide) groups is 1. The summed E-state index contributed by atoms with van der Waals surface area (Å²) in [6.07, 6.45) is 3.59. The van der Waals surface area contributed by atoms with Crippen LogP contribution in [0.1, 0.15) is 12.5 Å². The third-order valence-electron chi connectivity index (χ3n) is 2.39. The Hall–Kier alpha value is -0.460. The molecule has 1 atom stereocenters. The number of hydrogen-bond acceptors (Lipinski definition) is 5. The van der Waals surface area contributed by atoms with Gasteiger partial charge in [0.15, 0.2) is 0 Å². The number of halogens is 1. The molecule has 4 N–H and O–H groups in total. The molecule has 0 amide bonds. The van der Waals surface area contributed by atoms with E-state index >= 15 is 0 Å². The maximum Gasteiger partial charge on any atom is 0.140 e. The molecule has 0 aliphatic rings. The molecule has 1 aromatic heterocycles. The van der Waals surface area contributed by atoms with E-state index in [-0.39, 0.29) is 0 Å². The van der Waals surface area contributed by atoms with Crippen LogP contribution in [0, 0.1) is 6.92 Å². The summed E-state index contributed by atoms with van der Waals surface area (Å²) < 4.78 is 0.845. The molecule has 1 unspecified atom stereocenters. The van der Waals surface area contributed by atoms with E-state index in [1.54, 1.807) is 24.9 Å². The van der Waals surface area contributed by atoms with E-state index in [9.17, 15) is 5.11 Å². The second-order valence-electron chi connectivity index (χ2n) is 4.28. The molecule has 0 aliphatic carbocycles. The third kappa shape index (κ3) is 4.04. The molecule has 17 heavy (non-hydrogen) atoms. The summed E-state index contributed by atoms with van der Waals surface area (Å²) in [5.41, 5.74) is 6.59. The minimum Gasteiger partial charge on any atom is -0.397 e. The Morgan fingerprint density at radius 2 is 2.29 bits per heavy atom. The highest BCUT2D eigenvalue weighted by molar-refractivity contribution is 9.10. The van der Waals surface area contributed by atoms with Crippen LogP contribution in [0.2, 0.25) is 0 Å². The fourth-order valence-corrected chi connectivity index (χ4v) is 2.55. The Bertz CT molecular complexity index is 399. The molecular formula is C11H18BrN3OS. The largest absolute Gasteiger partial charge is 0.397 e. The zero-order valence-electron chi connectivity index (χ0n) is 10.2. The number of anilines is 2. The molecule has 1 rings (SSSR count). The zero-order chi connectivity index (χ0) is 13.1. The maximum absolute atomic E-state index is 10.0. The first-order chi connectivity index (χ1) is 7.87. The number of nitrogens with one attached hydrogen (secondary N) is 1. The predicted octanol–water partition coefficient (Wildman–Crippen LogP) is 2.26. The number of rotatable bonds is 5. The van der Waals surface area contributed by atoms with Crippen molar-refractivity contribution in [3.05, 3.63) is 16.2 Å². The Morgan fingerprint density at radius 1 is 1.65 bits per heavy atom. The average Bonchev–Trinajstić information content (AvgIpc) is 2.25. The van der Waals surface area contributed by atoms with Crippen LogP contribution in [0.15, 0.2) is 10.7 Å². The van der Waals surface area contributed by atoms with Crippen molar-refractivity contribution < 1.29 is 5.11 Å². The van der Waals surface area contributed by atoms with Gasteiger partial charge in [0.2, 0.25) is 0 Å². The average molecular weight is 320 g/mol. The van der Waals surface area contributed by atoms with Crippen molar-refractivity contribution in [3.8, 4) is 0 Å². The van der Waals surface area contributed by atoms with Crippen molar-refractivity contribution >= 4 is 39.2 Å². The van der Waals surface area contributed by atoms with Crippen LogP contribution in [0.5, 0.6) is 0 Å². The van der Waals surface area contributed by atoms with Gasteiger partial charge in [-0.05, 0) is 41.6 Å². The molecular weight excluding hydrogens is 302 g/mol. The normalized spacial score (nSPS) is 14.4. The number of pyridine rings is 1. The second kappa shape index (κ2) is 5.93. The monoisotopic (exact) mass is 319 g/mol. The second-order valence-corrected chi connectivity index (χ2v) is 5.94. The van der Waals surface area contributed by atoms with E-state index in [2.05, 4.69) is 26.2 Å². The zero-order valence-corrected chi connectivity index (χ0v) is 12.7. The van der Waals surface area contributed by atoms with Gasteiger partial charge in [-0.2, -0.15) is 11.8 Å². The fraction of sp³-hybridized carbons (Fsp3) is 0.545. The van der Waals surface area contributed by atoms with Gasteiger partial charge in [0.05, 0.1) is 22.0 Å². The number of nitrogen functional groups attached to an aromatic ring is 1. The number of aromatic nitrogens is 1. The van der Waals surface area contributed by atoms with Crippen LogP contribution in [0.3, 0.4) is 0 Å². The maximum atomic E-state index is 10.0. The van der Waals surface area contributed by atoms with Gasteiger partial charge < -0.3 is 16.2 Å². The standard InChI is InChI=1S/C11H18BrN3OS/c1-7-8(13)4-14-10(9(7)12)15-5-11(2,16)6-17-3/h4,16H,5-6,13H2,1-3H3,(H,14,15). The number of nitrogens with zero attached hydrogens (tertiary/aromatic N) is 1. The summed E-state index contributed by atoms with van der Waals surface area (Å²) in [7, 11) is 0. The van der Waals surface area contributed by atoms with Crippen molar-refractivity contribution in [2.75, 3.05) is 29.6 Å². The van der Waals surface area contributed by atoms with E-state index < -0.39 is 5.60 Å². The Morgan fingerprint density at radius 3 is 2.88 bits per heavy atom. The van der Waals surface area contributed by atoms with Crippen LogP contribution < -0.4 is 11.1 Å². The number of aliphatic hydroxyl groups is 1. The van der Waals surface area contributed by atoms with Gasteiger partial charge in [0.1, 0.15) is 5.82 Å². The van der Waals surface area contributed by atoms with Crippen molar-refractivity contribution in [2.45, 2.75) is 19.4 Å². The summed E-state index contributed by atoms with van der Waals surface area (Å²) in [4.78, 5) is 4.20. The van der Waals surface area contributed by atoms with Crippen LogP contribution >= 0.6 is 27.7 Å². The van der Waals surface area contributed by atoms with Gasteiger partial charge >= 0.3 is 0 Å². The molecule has 0 bridgehead atoms. The van der Waals surface area contributed by atoms with Crippen molar-refractivity contribution in [1.29, 1.82) is 0 Å². The molecule has 0 aromatic carbocycles. The molecule has 6 heteroatoms. The highest BCUT2D eigenvalue weighted by Crippen LogP contribution is 2.28. The summed E-state index contributed by atoms with van der Waals surface area (Å²) >= 11 is 5.06. The molecule has 0 radical (unpaired) electrons. The van der Waals surface area contributed by atoms with E-state index in [0.717, 1.165) is 10.0 Å². The van der Waals surface area contributed by atoms with Gasteiger partial charge in [0, 0.05) is 12.3 Å². The Labute approximate surface area is 115 Å². The van der Waals surface area contributed by atoms with E-state index in [4.69, 9.17) is 5.73 Å². The highest BCUT2D eigenvalue weighted by atomic mass is 79.9. The lowest BCUT2D eigenvalue weighted by atomic mass is 10.1. The van der Waals surface area contributed by atoms with Crippen LogP contribution in [0.25, 0.3) is 0 Å². The molecule has 1 heterocycles. The summed E-state index contributed by atoms with van der Waals surface area (Å²) in [6.45, 7) is 4.17. The Balaban J connectivity index is 2.73. The first kappa shape index (κ1) is 14.6. The van der Waals surface area contributed by atoms with Gasteiger partial charge in [-0.3, -0.25) is 0 Å². The van der Waals surface area contributed by atoms with E-state index in [0.29, 0.717) is 23.8 Å². The molecule has 0 spiro atoms. The topological polar surface area (TPSA) is 71.2 Å². The van der Waals surface area contributed by atoms with Gasteiger partial charge in [-0.15, -0.1) is 0 Å². The predicted molar refractivity (Wildman–Crippen MR) is 78.6 cm³/mol. The van der Waals surface area contributed by atoms with Gasteiger partial charge in [-0.1, -0.05) is 0 Å². The summed E-state index contributed by atoms with van der Waals surface area (Å²) in [5.74, 6) is 1.38. The van der Waals surface area contributed by atoms with Gasteiger partial charge in [-0.25, -0.2) is 4.98 Å². The first-order valence-corrected chi connectivity index (χ1v) is 7.42. The number of hydrogen-bond donors (Lipinski definition) is 3. The summed E-state index contributed by atoms with van der Waals surface area (Å²) in [5, 5.41) is 13.2. The SMILES string of the molecule is CSCC(C)(O)CNc1ncc(N)c(C)c1Br. The molecule has 0 saturated heterocycles. The lowest BCUT2D eigenvalue weighted by Crippen LogP contribution is -2.36. The minimum absolute atomic E-state index is 0.447. The molecule has 4 nitrogen and oxygen atoms in total. The van der Waals surface area contributed by atoms with Crippen molar-refractivity contribution in [3.63, 3.8) is 0 Å². The van der Waals surface area contributed by atoms with Crippen LogP contribution in [-0.2, 0) is 0 Å². The Kier molecular flexibility index (Phi) is 5.09. The lowest BCUT2D eigenvalue weighted by Gasteiger charge is -2.23. The smallest absolute Gasteiger partial charge is 0.140 e. The number of nitrogens with two attached hydrogens (primary N) is 1. The molecule has 0 fully saturated rings. The van der Waals surface area contributed by atoms with Crippen molar-refractivity contribution in [1.82, 2.24) is 4.98 Å². The fourth-order valence-electron chi connectivity index (χ4n) is 1.35. The third-order valence-corrected chi connectivity index (χ3v) is 4.28. The molecule has 1 aromatic rings. The molecule has 0 aliphatic heterocycles. The summed E-state index contributed by atoms with van der Waals surface area (Å²) in [6, 6.07) is 0. The minimum atomic E-state index is -0.754. The molecule has 0 saturated carbocycles.